The van der Waals surface area contributed by atoms with E-state index in [1.165, 1.54) is 5.56 Å². The van der Waals surface area contributed by atoms with Gasteiger partial charge in [0, 0.05) is 50.8 Å². The molecule has 1 spiro atoms. The van der Waals surface area contributed by atoms with Crippen LogP contribution in [0.15, 0.2) is 18.5 Å². The minimum atomic E-state index is 0.00627. The van der Waals surface area contributed by atoms with Crippen LogP contribution in [0.25, 0.3) is 0 Å². The second kappa shape index (κ2) is 7.11. The Morgan fingerprint density at radius 1 is 1.20 bits per heavy atom. The number of urea groups is 1. The first-order chi connectivity index (χ1) is 14.5. The maximum atomic E-state index is 12.9. The molecule has 4 heterocycles. The second-order valence-electron chi connectivity index (χ2n) is 9.05. The zero-order valence-electron chi connectivity index (χ0n) is 17.6. The molecule has 30 heavy (non-hydrogen) atoms. The largest absolute Gasteiger partial charge is 0.338 e. The number of piperidine rings is 1. The molecule has 1 atom stereocenters. The van der Waals surface area contributed by atoms with E-state index in [9.17, 15) is 9.59 Å². The van der Waals surface area contributed by atoms with Crippen molar-refractivity contribution in [2.75, 3.05) is 19.6 Å². The van der Waals surface area contributed by atoms with Gasteiger partial charge in [0.05, 0.1) is 11.3 Å². The fraction of sp³-hybridized carbons (Fsp3) is 0.545. The van der Waals surface area contributed by atoms with Gasteiger partial charge in [0.2, 0.25) is 0 Å². The summed E-state index contributed by atoms with van der Waals surface area (Å²) in [5, 5.41) is 10.2. The van der Waals surface area contributed by atoms with Crippen LogP contribution in [0.4, 0.5) is 4.79 Å². The molecular weight excluding hydrogens is 380 g/mol. The highest BCUT2D eigenvalue weighted by molar-refractivity contribution is 5.96. The number of rotatable bonds is 3. The SMILES string of the molecule is Cc1n[nH]c(C)c1C(=O)N1CCC2(CC1)CC2CNC(=O)N1Cc2ccncc2C1. The average molecular weight is 409 g/mol. The van der Waals surface area contributed by atoms with Gasteiger partial charge in [0.25, 0.3) is 5.91 Å². The van der Waals surface area contributed by atoms with Crippen molar-refractivity contribution >= 4 is 11.9 Å². The van der Waals surface area contributed by atoms with E-state index in [2.05, 4.69) is 20.5 Å². The van der Waals surface area contributed by atoms with Gasteiger partial charge < -0.3 is 15.1 Å². The first-order valence-corrected chi connectivity index (χ1v) is 10.7. The second-order valence-corrected chi connectivity index (χ2v) is 9.05. The van der Waals surface area contributed by atoms with E-state index < -0.39 is 0 Å². The van der Waals surface area contributed by atoms with E-state index in [0.717, 1.165) is 55.8 Å². The lowest BCUT2D eigenvalue weighted by molar-refractivity contribution is 0.0667. The third kappa shape index (κ3) is 3.24. The van der Waals surface area contributed by atoms with E-state index in [-0.39, 0.29) is 11.9 Å². The average Bonchev–Trinajstić information content (AvgIpc) is 3.08. The molecule has 8 heteroatoms. The Morgan fingerprint density at radius 3 is 2.67 bits per heavy atom. The van der Waals surface area contributed by atoms with E-state index >= 15 is 0 Å². The number of hydrogen-bond donors (Lipinski definition) is 2. The fourth-order valence-electron chi connectivity index (χ4n) is 5.20. The minimum Gasteiger partial charge on any atom is -0.338 e. The van der Waals surface area contributed by atoms with Crippen LogP contribution < -0.4 is 5.32 Å². The number of aromatic nitrogens is 3. The van der Waals surface area contributed by atoms with Crippen LogP contribution in [0, 0.1) is 25.2 Å². The van der Waals surface area contributed by atoms with Crippen molar-refractivity contribution in [3.8, 4) is 0 Å². The van der Waals surface area contributed by atoms with Gasteiger partial charge in [-0.05, 0) is 61.6 Å². The van der Waals surface area contributed by atoms with Crippen LogP contribution in [-0.4, -0.2) is 56.6 Å². The van der Waals surface area contributed by atoms with Crippen molar-refractivity contribution in [1.29, 1.82) is 0 Å². The number of H-pyrrole nitrogens is 1. The van der Waals surface area contributed by atoms with Crippen molar-refractivity contribution in [2.45, 2.75) is 46.2 Å². The zero-order valence-corrected chi connectivity index (χ0v) is 17.6. The molecule has 1 saturated carbocycles. The summed E-state index contributed by atoms with van der Waals surface area (Å²) >= 11 is 0. The van der Waals surface area contributed by atoms with Crippen molar-refractivity contribution in [2.24, 2.45) is 11.3 Å². The summed E-state index contributed by atoms with van der Waals surface area (Å²) in [4.78, 5) is 33.4. The minimum absolute atomic E-state index is 0.00627. The molecule has 2 aromatic rings. The molecule has 1 unspecified atom stereocenters. The number of aryl methyl sites for hydroxylation is 2. The van der Waals surface area contributed by atoms with Gasteiger partial charge >= 0.3 is 6.03 Å². The van der Waals surface area contributed by atoms with Crippen molar-refractivity contribution in [1.82, 2.24) is 30.3 Å². The number of aromatic amines is 1. The number of hydrogen-bond acceptors (Lipinski definition) is 4. The maximum absolute atomic E-state index is 12.9. The smallest absolute Gasteiger partial charge is 0.318 e. The van der Waals surface area contributed by atoms with Gasteiger partial charge in [-0.3, -0.25) is 14.9 Å². The number of carbonyl (C=O) groups is 2. The molecule has 0 radical (unpaired) electrons. The number of amides is 3. The molecular formula is C22H28N6O2. The van der Waals surface area contributed by atoms with Crippen LogP contribution in [-0.2, 0) is 13.1 Å². The van der Waals surface area contributed by atoms with Crippen LogP contribution in [0.1, 0.15) is 52.1 Å². The third-order valence-corrected chi connectivity index (χ3v) is 7.26. The molecule has 2 N–H and O–H groups in total. The van der Waals surface area contributed by atoms with E-state index in [4.69, 9.17) is 0 Å². The topological polar surface area (TPSA) is 94.2 Å². The highest BCUT2D eigenvalue weighted by atomic mass is 16.2. The predicted octanol–water partition coefficient (Wildman–Crippen LogP) is 2.39. The normalized spacial score (nSPS) is 21.6. The maximum Gasteiger partial charge on any atom is 0.318 e. The van der Waals surface area contributed by atoms with Gasteiger partial charge in [0.15, 0.2) is 0 Å². The molecule has 8 nitrogen and oxygen atoms in total. The van der Waals surface area contributed by atoms with Crippen molar-refractivity contribution < 1.29 is 9.59 Å². The number of fused-ring (bicyclic) bond motifs is 1. The van der Waals surface area contributed by atoms with Crippen molar-refractivity contribution in [3.63, 3.8) is 0 Å². The lowest BCUT2D eigenvalue weighted by atomic mass is 9.90. The summed E-state index contributed by atoms with van der Waals surface area (Å²) < 4.78 is 0. The first-order valence-electron chi connectivity index (χ1n) is 10.7. The monoisotopic (exact) mass is 408 g/mol. The quantitative estimate of drug-likeness (QED) is 0.815. The van der Waals surface area contributed by atoms with Gasteiger partial charge in [-0.15, -0.1) is 0 Å². The Morgan fingerprint density at radius 2 is 1.97 bits per heavy atom. The summed E-state index contributed by atoms with van der Waals surface area (Å²) in [5.41, 5.74) is 4.93. The number of nitrogens with zero attached hydrogens (tertiary/aromatic N) is 4. The Labute approximate surface area is 176 Å². The van der Waals surface area contributed by atoms with Gasteiger partial charge in [0.1, 0.15) is 0 Å². The van der Waals surface area contributed by atoms with Crippen LogP contribution >= 0.6 is 0 Å². The number of likely N-dealkylation sites (tertiary alicyclic amines) is 1. The number of carbonyl (C=O) groups excluding carboxylic acids is 2. The Hall–Kier alpha value is -2.90. The van der Waals surface area contributed by atoms with Crippen LogP contribution in [0.3, 0.4) is 0 Å². The Bertz CT molecular complexity index is 947. The fourth-order valence-corrected chi connectivity index (χ4v) is 5.20. The molecule has 2 fully saturated rings. The lowest BCUT2D eigenvalue weighted by Crippen LogP contribution is -2.41. The van der Waals surface area contributed by atoms with Crippen molar-refractivity contribution in [3.05, 3.63) is 46.5 Å². The molecule has 1 saturated heterocycles. The first kappa shape index (κ1) is 19.1. The molecule has 3 aliphatic rings. The number of nitrogens with one attached hydrogen (secondary N) is 2. The third-order valence-electron chi connectivity index (χ3n) is 7.26. The summed E-state index contributed by atoms with van der Waals surface area (Å²) in [5.74, 6) is 0.602. The summed E-state index contributed by atoms with van der Waals surface area (Å²) in [6.07, 6.45) is 6.79. The van der Waals surface area contributed by atoms with Crippen LogP contribution in [0.5, 0.6) is 0 Å². The summed E-state index contributed by atoms with van der Waals surface area (Å²) in [7, 11) is 0. The lowest BCUT2D eigenvalue weighted by Gasteiger charge is -2.33. The standard InChI is InChI=1S/C22H28N6O2/c1-14-19(15(2)26-25-14)20(29)27-7-4-22(5-8-27)9-18(22)11-24-21(30)28-12-16-3-6-23-10-17(16)13-28/h3,6,10,18H,4-5,7-9,11-13H2,1-2H3,(H,24,30)(H,25,26). The molecule has 2 aliphatic heterocycles. The molecule has 2 aromatic heterocycles. The zero-order chi connectivity index (χ0) is 20.9. The van der Waals surface area contributed by atoms with E-state index in [1.807, 2.05) is 35.9 Å². The molecule has 0 aromatic carbocycles. The molecule has 1 aliphatic carbocycles. The molecule has 158 valence electrons. The molecule has 0 bridgehead atoms. The van der Waals surface area contributed by atoms with Gasteiger partial charge in [-0.2, -0.15) is 5.10 Å². The molecule has 5 rings (SSSR count). The number of pyridine rings is 1. The van der Waals surface area contributed by atoms with Crippen LogP contribution in [0.2, 0.25) is 0 Å². The Kier molecular flexibility index (Phi) is 4.52. The highest BCUT2D eigenvalue weighted by Crippen LogP contribution is 2.59. The molecule has 3 amide bonds. The van der Waals surface area contributed by atoms with Gasteiger partial charge in [-0.1, -0.05) is 0 Å². The predicted molar refractivity (Wildman–Crippen MR) is 111 cm³/mol. The van der Waals surface area contributed by atoms with E-state index in [1.54, 1.807) is 6.20 Å². The Balaban J connectivity index is 1.10. The summed E-state index contributed by atoms with van der Waals surface area (Å²) in [6.45, 7) is 7.34. The van der Waals surface area contributed by atoms with Gasteiger partial charge in [-0.25, -0.2) is 4.79 Å². The summed E-state index contributed by atoms with van der Waals surface area (Å²) in [6, 6.07) is 1.99. The van der Waals surface area contributed by atoms with E-state index in [0.29, 0.717) is 30.0 Å². The highest BCUT2D eigenvalue weighted by Gasteiger charge is 2.55.